The molecule has 1 aliphatic rings. The number of aromatic amines is 1. The Morgan fingerprint density at radius 1 is 1.14 bits per heavy atom. The summed E-state index contributed by atoms with van der Waals surface area (Å²) < 4.78 is 0. The molecule has 0 unspecified atom stereocenters. The molecular weight excluding hydrogens is 282 g/mol. The van der Waals surface area contributed by atoms with Gasteiger partial charge in [-0.3, -0.25) is 9.59 Å². The van der Waals surface area contributed by atoms with E-state index in [0.29, 0.717) is 35.2 Å². The van der Waals surface area contributed by atoms with Crippen molar-refractivity contribution in [2.75, 3.05) is 0 Å². The molecule has 1 aromatic carbocycles. The molecule has 110 valence electrons. The number of fused-ring (bicyclic) bond motifs is 1. The lowest BCUT2D eigenvalue weighted by molar-refractivity contribution is 0.0696. The third-order valence-corrected chi connectivity index (χ3v) is 3.66. The molecule has 3 rings (SSSR count). The first-order chi connectivity index (χ1) is 10.5. The highest BCUT2D eigenvalue weighted by Gasteiger charge is 2.22. The summed E-state index contributed by atoms with van der Waals surface area (Å²) in [6, 6.07) is 9.32. The first-order valence-corrected chi connectivity index (χ1v) is 6.85. The molecule has 5 nitrogen and oxygen atoms in total. The second kappa shape index (κ2) is 5.44. The van der Waals surface area contributed by atoms with Crippen molar-refractivity contribution in [3.63, 3.8) is 0 Å². The summed E-state index contributed by atoms with van der Waals surface area (Å²) in [6.07, 6.45) is 2.81. The number of pyridine rings is 1. The van der Waals surface area contributed by atoms with Crippen LogP contribution in [0.25, 0.3) is 6.08 Å². The van der Waals surface area contributed by atoms with Gasteiger partial charge in [-0.25, -0.2) is 4.79 Å². The Morgan fingerprint density at radius 3 is 2.73 bits per heavy atom. The Kier molecular flexibility index (Phi) is 3.47. The van der Waals surface area contributed by atoms with Crippen LogP contribution in [0.3, 0.4) is 0 Å². The number of nitrogens with one attached hydrogen (secondary N) is 1. The van der Waals surface area contributed by atoms with Crippen molar-refractivity contribution >= 4 is 17.8 Å². The van der Waals surface area contributed by atoms with Gasteiger partial charge in [-0.1, -0.05) is 12.1 Å². The highest BCUT2D eigenvalue weighted by molar-refractivity contribution is 6.12. The van der Waals surface area contributed by atoms with E-state index in [9.17, 15) is 14.4 Å². The standard InChI is InChI=1S/C17H13NO4/c19-15-7-5-13-14(18-15)6-4-11(16(13)20)8-10-2-1-3-12(9-10)17(21)22/h1-3,5,7-9H,4,6H2,(H,18,19)(H,21,22)/b11-8-. The molecule has 0 saturated carbocycles. The van der Waals surface area contributed by atoms with E-state index in [4.69, 9.17) is 5.11 Å². The van der Waals surface area contributed by atoms with Crippen molar-refractivity contribution in [2.24, 2.45) is 0 Å². The number of hydrogen-bond acceptors (Lipinski definition) is 3. The van der Waals surface area contributed by atoms with E-state index in [1.807, 2.05) is 0 Å². The van der Waals surface area contributed by atoms with Crippen LogP contribution in [0.2, 0.25) is 0 Å². The third kappa shape index (κ3) is 2.61. The minimum absolute atomic E-state index is 0.127. The number of carbonyl (C=O) groups excluding carboxylic acids is 1. The Labute approximate surface area is 125 Å². The first kappa shape index (κ1) is 14.0. The number of H-pyrrole nitrogens is 1. The molecule has 1 aromatic heterocycles. The Hall–Kier alpha value is -2.95. The summed E-state index contributed by atoms with van der Waals surface area (Å²) >= 11 is 0. The SMILES string of the molecule is O=C(O)c1cccc(/C=C2/CCc3[nH]c(=O)ccc3C2=O)c1. The Bertz CT molecular complexity index is 861. The molecule has 2 N–H and O–H groups in total. The van der Waals surface area contributed by atoms with Crippen LogP contribution in [0.15, 0.2) is 46.8 Å². The molecule has 0 saturated heterocycles. The van der Waals surface area contributed by atoms with E-state index >= 15 is 0 Å². The van der Waals surface area contributed by atoms with E-state index in [2.05, 4.69) is 4.98 Å². The average molecular weight is 295 g/mol. The zero-order valence-corrected chi connectivity index (χ0v) is 11.6. The second-order valence-corrected chi connectivity index (χ2v) is 5.14. The van der Waals surface area contributed by atoms with Crippen LogP contribution in [-0.2, 0) is 6.42 Å². The zero-order chi connectivity index (χ0) is 15.7. The monoisotopic (exact) mass is 295 g/mol. The molecule has 0 aliphatic heterocycles. The van der Waals surface area contributed by atoms with E-state index in [1.165, 1.54) is 24.3 Å². The summed E-state index contributed by atoms with van der Waals surface area (Å²) in [5, 5.41) is 9.00. The lowest BCUT2D eigenvalue weighted by Gasteiger charge is -2.16. The van der Waals surface area contributed by atoms with Crippen LogP contribution >= 0.6 is 0 Å². The number of benzene rings is 1. The van der Waals surface area contributed by atoms with Gasteiger partial charge in [0, 0.05) is 22.9 Å². The molecule has 0 spiro atoms. The Balaban J connectivity index is 1.98. The normalized spacial score (nSPS) is 15.6. The fourth-order valence-electron chi connectivity index (χ4n) is 2.57. The Morgan fingerprint density at radius 2 is 1.95 bits per heavy atom. The molecule has 5 heteroatoms. The predicted octanol–water partition coefficient (Wildman–Crippen LogP) is 2.29. The number of carboxylic acid groups (broad SMARTS) is 1. The fraction of sp³-hybridized carbons (Fsp3) is 0.118. The molecule has 0 radical (unpaired) electrons. The number of rotatable bonds is 2. The van der Waals surface area contributed by atoms with Crippen LogP contribution in [0, 0.1) is 0 Å². The van der Waals surface area contributed by atoms with Gasteiger partial charge in [0.15, 0.2) is 5.78 Å². The van der Waals surface area contributed by atoms with Gasteiger partial charge >= 0.3 is 5.97 Å². The number of carboxylic acids is 1. The lowest BCUT2D eigenvalue weighted by atomic mass is 9.89. The summed E-state index contributed by atoms with van der Waals surface area (Å²) in [5.74, 6) is -1.13. The average Bonchev–Trinajstić information content (AvgIpc) is 2.50. The molecular formula is C17H13NO4. The van der Waals surface area contributed by atoms with Crippen LogP contribution in [-0.4, -0.2) is 21.8 Å². The van der Waals surface area contributed by atoms with E-state index in [1.54, 1.807) is 18.2 Å². The molecule has 0 amide bonds. The van der Waals surface area contributed by atoms with Crippen LogP contribution in [0.4, 0.5) is 0 Å². The zero-order valence-electron chi connectivity index (χ0n) is 11.6. The number of hydrogen-bond donors (Lipinski definition) is 2. The summed E-state index contributed by atoms with van der Waals surface area (Å²) in [6.45, 7) is 0. The third-order valence-electron chi connectivity index (χ3n) is 3.66. The van der Waals surface area contributed by atoms with Gasteiger partial charge in [0.05, 0.1) is 5.56 Å². The molecule has 1 heterocycles. The topological polar surface area (TPSA) is 87.2 Å². The second-order valence-electron chi connectivity index (χ2n) is 5.14. The molecule has 1 aliphatic carbocycles. The number of aromatic carboxylic acids is 1. The van der Waals surface area contributed by atoms with Crippen molar-refractivity contribution in [1.82, 2.24) is 4.98 Å². The molecule has 0 atom stereocenters. The number of aromatic nitrogens is 1. The minimum atomic E-state index is -1.00. The van der Waals surface area contributed by atoms with Crippen molar-refractivity contribution in [3.8, 4) is 0 Å². The van der Waals surface area contributed by atoms with Gasteiger partial charge in [-0.2, -0.15) is 0 Å². The van der Waals surface area contributed by atoms with Crippen molar-refractivity contribution < 1.29 is 14.7 Å². The highest BCUT2D eigenvalue weighted by Crippen LogP contribution is 2.24. The van der Waals surface area contributed by atoms with Gasteiger partial charge < -0.3 is 10.1 Å². The van der Waals surface area contributed by atoms with Gasteiger partial charge in [0.2, 0.25) is 5.56 Å². The number of aryl methyl sites for hydroxylation is 1. The van der Waals surface area contributed by atoms with Gasteiger partial charge in [-0.15, -0.1) is 0 Å². The molecule has 0 bridgehead atoms. The number of carbonyl (C=O) groups is 2. The summed E-state index contributed by atoms with van der Waals surface area (Å²) in [5.41, 5.74) is 2.43. The summed E-state index contributed by atoms with van der Waals surface area (Å²) in [7, 11) is 0. The van der Waals surface area contributed by atoms with Crippen molar-refractivity contribution in [2.45, 2.75) is 12.8 Å². The maximum atomic E-state index is 12.4. The maximum Gasteiger partial charge on any atom is 0.335 e. The first-order valence-electron chi connectivity index (χ1n) is 6.85. The van der Waals surface area contributed by atoms with Gasteiger partial charge in [0.25, 0.3) is 0 Å². The van der Waals surface area contributed by atoms with Crippen molar-refractivity contribution in [3.05, 3.63) is 74.7 Å². The fourth-order valence-corrected chi connectivity index (χ4v) is 2.57. The smallest absolute Gasteiger partial charge is 0.335 e. The molecule has 2 aromatic rings. The molecule has 0 fully saturated rings. The largest absolute Gasteiger partial charge is 0.478 e. The van der Waals surface area contributed by atoms with E-state index < -0.39 is 5.97 Å². The van der Waals surface area contributed by atoms with Gasteiger partial charge in [0.1, 0.15) is 0 Å². The van der Waals surface area contributed by atoms with E-state index in [-0.39, 0.29) is 16.9 Å². The van der Waals surface area contributed by atoms with Crippen LogP contribution < -0.4 is 5.56 Å². The summed E-state index contributed by atoms with van der Waals surface area (Å²) in [4.78, 5) is 37.4. The number of ketones is 1. The maximum absolute atomic E-state index is 12.4. The predicted molar refractivity (Wildman–Crippen MR) is 81.1 cm³/mol. The lowest BCUT2D eigenvalue weighted by Crippen LogP contribution is -2.19. The van der Waals surface area contributed by atoms with Crippen LogP contribution in [0.5, 0.6) is 0 Å². The van der Waals surface area contributed by atoms with Crippen LogP contribution in [0.1, 0.15) is 38.4 Å². The quantitative estimate of drug-likeness (QED) is 0.832. The highest BCUT2D eigenvalue weighted by atomic mass is 16.4. The van der Waals surface area contributed by atoms with Gasteiger partial charge in [-0.05, 0) is 42.7 Å². The van der Waals surface area contributed by atoms with E-state index in [0.717, 1.165) is 0 Å². The number of Topliss-reactive ketones (excluding diaryl/α,β-unsaturated/α-hetero) is 1. The number of allylic oxidation sites excluding steroid dienone is 1. The van der Waals surface area contributed by atoms with Crippen molar-refractivity contribution in [1.29, 1.82) is 0 Å². The molecule has 22 heavy (non-hydrogen) atoms. The minimum Gasteiger partial charge on any atom is -0.478 e.